The van der Waals surface area contributed by atoms with Crippen LogP contribution in [0, 0.1) is 0 Å². The number of fused-ring (bicyclic) bond motifs is 2. The predicted molar refractivity (Wildman–Crippen MR) is 82.9 cm³/mol. The Morgan fingerprint density at radius 3 is 2.67 bits per heavy atom. The monoisotopic (exact) mass is 291 g/mol. The Bertz CT molecular complexity index is 467. The molecule has 0 radical (unpaired) electrons. The summed E-state index contributed by atoms with van der Waals surface area (Å²) in [7, 11) is 6.30. The van der Waals surface area contributed by atoms with E-state index in [1.54, 1.807) is 6.20 Å². The molecular weight excluding hydrogens is 266 g/mol. The largest absolute Gasteiger partial charge is 0.462 e. The van der Waals surface area contributed by atoms with Crippen molar-refractivity contribution in [1.82, 2.24) is 19.8 Å². The van der Waals surface area contributed by atoms with E-state index in [1.807, 2.05) is 20.2 Å². The van der Waals surface area contributed by atoms with Crippen LogP contribution in [-0.4, -0.2) is 79.2 Å². The summed E-state index contributed by atoms with van der Waals surface area (Å²) in [6.45, 7) is 3.60. The maximum Gasteiger partial charge on any atom is 0.318 e. The molecule has 0 amide bonds. The zero-order valence-corrected chi connectivity index (χ0v) is 13.2. The number of nitrogens with zero attached hydrogens (tertiary/aromatic N) is 5. The highest BCUT2D eigenvalue weighted by Crippen LogP contribution is 2.30. The maximum atomic E-state index is 5.64. The molecule has 6 nitrogen and oxygen atoms in total. The third-order valence-corrected chi connectivity index (χ3v) is 4.56. The lowest BCUT2D eigenvalue weighted by Crippen LogP contribution is -2.52. The standard InChI is InChI=1S/C15H25N5O/c1-18(2)8-9-21-15-16-7-6-14(17-15)20-10-12-4-5-13(11-20)19(12)3/h6-7,12-13H,4-5,8-11H2,1-3H3. The fourth-order valence-electron chi connectivity index (χ4n) is 3.20. The second-order valence-electron chi connectivity index (χ2n) is 6.30. The lowest BCUT2D eigenvalue weighted by atomic mass is 10.2. The molecule has 2 aliphatic rings. The fraction of sp³-hybridized carbons (Fsp3) is 0.733. The Balaban J connectivity index is 1.63. The molecule has 6 heteroatoms. The number of aromatic nitrogens is 2. The van der Waals surface area contributed by atoms with Gasteiger partial charge in [0.15, 0.2) is 0 Å². The summed E-state index contributed by atoms with van der Waals surface area (Å²) in [4.78, 5) is 15.8. The molecule has 0 aliphatic carbocycles. The Hall–Kier alpha value is -1.40. The van der Waals surface area contributed by atoms with Gasteiger partial charge in [0.1, 0.15) is 12.4 Å². The predicted octanol–water partition coefficient (Wildman–Crippen LogP) is 0.700. The molecule has 0 aromatic carbocycles. The Morgan fingerprint density at radius 1 is 1.29 bits per heavy atom. The fourth-order valence-corrected chi connectivity index (χ4v) is 3.20. The van der Waals surface area contributed by atoms with Crippen LogP contribution in [0.15, 0.2) is 12.3 Å². The van der Waals surface area contributed by atoms with Gasteiger partial charge in [-0.15, -0.1) is 0 Å². The zero-order valence-electron chi connectivity index (χ0n) is 13.2. The molecule has 2 unspecified atom stereocenters. The first-order valence-corrected chi connectivity index (χ1v) is 7.71. The molecule has 0 N–H and O–H groups in total. The van der Waals surface area contributed by atoms with Gasteiger partial charge in [-0.3, -0.25) is 4.90 Å². The van der Waals surface area contributed by atoms with Crippen molar-refractivity contribution in [3.63, 3.8) is 0 Å². The highest BCUT2D eigenvalue weighted by molar-refractivity contribution is 5.40. The van der Waals surface area contributed by atoms with Crippen molar-refractivity contribution in [2.75, 3.05) is 52.3 Å². The summed E-state index contributed by atoms with van der Waals surface area (Å²) in [6, 6.07) is 3.80. The quantitative estimate of drug-likeness (QED) is 0.796. The van der Waals surface area contributed by atoms with E-state index in [2.05, 4.69) is 31.7 Å². The maximum absolute atomic E-state index is 5.64. The van der Waals surface area contributed by atoms with Crippen molar-refractivity contribution in [3.8, 4) is 6.01 Å². The van der Waals surface area contributed by atoms with E-state index in [-0.39, 0.29) is 0 Å². The Morgan fingerprint density at radius 2 is 2.00 bits per heavy atom. The number of hydrogen-bond donors (Lipinski definition) is 0. The molecule has 1 aromatic heterocycles. The Kier molecular flexibility index (Phi) is 4.26. The number of piperazine rings is 1. The van der Waals surface area contributed by atoms with Gasteiger partial charge in [-0.2, -0.15) is 4.98 Å². The van der Waals surface area contributed by atoms with Crippen molar-refractivity contribution >= 4 is 5.82 Å². The van der Waals surface area contributed by atoms with Crippen LogP contribution >= 0.6 is 0 Å². The molecule has 0 spiro atoms. The van der Waals surface area contributed by atoms with Gasteiger partial charge < -0.3 is 14.5 Å². The first kappa shape index (κ1) is 14.5. The van der Waals surface area contributed by atoms with Crippen LogP contribution in [0.25, 0.3) is 0 Å². The van der Waals surface area contributed by atoms with Crippen molar-refractivity contribution < 1.29 is 4.74 Å². The Labute approximate surface area is 126 Å². The molecule has 2 aliphatic heterocycles. The van der Waals surface area contributed by atoms with Gasteiger partial charge in [-0.25, -0.2) is 4.98 Å². The summed E-state index contributed by atoms with van der Waals surface area (Å²) in [5.74, 6) is 0.995. The van der Waals surface area contributed by atoms with Gasteiger partial charge in [-0.05, 0) is 40.1 Å². The average Bonchev–Trinajstić information content (AvgIpc) is 2.69. The minimum atomic E-state index is 0.487. The molecule has 2 fully saturated rings. The van der Waals surface area contributed by atoms with Gasteiger partial charge >= 0.3 is 6.01 Å². The molecule has 3 rings (SSSR count). The lowest BCUT2D eigenvalue weighted by molar-refractivity contribution is 0.211. The van der Waals surface area contributed by atoms with Crippen LogP contribution in [0.5, 0.6) is 6.01 Å². The summed E-state index contributed by atoms with van der Waals surface area (Å²) in [5.41, 5.74) is 0. The number of rotatable bonds is 5. The van der Waals surface area contributed by atoms with Crippen molar-refractivity contribution in [2.45, 2.75) is 24.9 Å². The molecule has 21 heavy (non-hydrogen) atoms. The molecular formula is C15H25N5O. The van der Waals surface area contributed by atoms with Gasteiger partial charge in [0.2, 0.25) is 0 Å². The van der Waals surface area contributed by atoms with E-state index < -0.39 is 0 Å². The van der Waals surface area contributed by atoms with E-state index in [1.165, 1.54) is 12.8 Å². The molecule has 1 aromatic rings. The number of anilines is 1. The first-order chi connectivity index (χ1) is 10.1. The van der Waals surface area contributed by atoms with E-state index in [0.29, 0.717) is 24.7 Å². The summed E-state index contributed by atoms with van der Waals surface area (Å²) < 4.78 is 5.64. The van der Waals surface area contributed by atoms with Crippen LogP contribution < -0.4 is 9.64 Å². The molecule has 3 heterocycles. The van der Waals surface area contributed by atoms with Gasteiger partial charge in [0.05, 0.1) is 0 Å². The second kappa shape index (κ2) is 6.15. The third kappa shape index (κ3) is 3.27. The normalized spacial score (nSPS) is 25.6. The summed E-state index contributed by atoms with van der Waals surface area (Å²) >= 11 is 0. The first-order valence-electron chi connectivity index (χ1n) is 7.71. The van der Waals surface area contributed by atoms with E-state index >= 15 is 0 Å². The van der Waals surface area contributed by atoms with Gasteiger partial charge in [0.25, 0.3) is 0 Å². The third-order valence-electron chi connectivity index (χ3n) is 4.56. The number of likely N-dealkylation sites (N-methyl/N-ethyl adjacent to an activating group) is 2. The van der Waals surface area contributed by atoms with Crippen molar-refractivity contribution in [2.24, 2.45) is 0 Å². The molecule has 2 bridgehead atoms. The topological polar surface area (TPSA) is 44.7 Å². The number of hydrogen-bond acceptors (Lipinski definition) is 6. The van der Waals surface area contributed by atoms with Crippen LogP contribution in [0.4, 0.5) is 5.82 Å². The zero-order chi connectivity index (χ0) is 14.8. The van der Waals surface area contributed by atoms with Crippen LogP contribution in [-0.2, 0) is 0 Å². The molecule has 2 saturated heterocycles. The SMILES string of the molecule is CN(C)CCOc1nccc(N2CC3CCC(C2)N3C)n1. The minimum absolute atomic E-state index is 0.487. The molecule has 2 atom stereocenters. The van der Waals surface area contributed by atoms with Crippen LogP contribution in [0.2, 0.25) is 0 Å². The van der Waals surface area contributed by atoms with E-state index in [9.17, 15) is 0 Å². The van der Waals surface area contributed by atoms with Crippen LogP contribution in [0.1, 0.15) is 12.8 Å². The average molecular weight is 291 g/mol. The van der Waals surface area contributed by atoms with Crippen LogP contribution in [0.3, 0.4) is 0 Å². The van der Waals surface area contributed by atoms with Gasteiger partial charge in [0, 0.05) is 37.9 Å². The second-order valence-corrected chi connectivity index (χ2v) is 6.30. The van der Waals surface area contributed by atoms with Crippen molar-refractivity contribution in [1.29, 1.82) is 0 Å². The van der Waals surface area contributed by atoms with Crippen molar-refractivity contribution in [3.05, 3.63) is 12.3 Å². The summed E-state index contributed by atoms with van der Waals surface area (Å²) in [6.07, 6.45) is 4.40. The minimum Gasteiger partial charge on any atom is -0.462 e. The number of ether oxygens (including phenoxy) is 1. The van der Waals surface area contributed by atoms with E-state index in [4.69, 9.17) is 4.74 Å². The van der Waals surface area contributed by atoms with Gasteiger partial charge in [-0.1, -0.05) is 0 Å². The highest BCUT2D eigenvalue weighted by Gasteiger charge is 2.37. The smallest absolute Gasteiger partial charge is 0.318 e. The molecule has 0 saturated carbocycles. The lowest BCUT2D eigenvalue weighted by Gasteiger charge is -2.39. The highest BCUT2D eigenvalue weighted by atomic mass is 16.5. The summed E-state index contributed by atoms with van der Waals surface area (Å²) in [5, 5.41) is 0. The van der Waals surface area contributed by atoms with E-state index in [0.717, 1.165) is 25.5 Å². The molecule has 116 valence electrons.